The maximum Gasteiger partial charge on any atom is 0.307 e. The minimum absolute atomic E-state index is 0.225. The van der Waals surface area contributed by atoms with Gasteiger partial charge in [0.2, 0.25) is 5.95 Å². The second-order valence-electron chi connectivity index (χ2n) is 3.49. The molecule has 0 saturated carbocycles. The Labute approximate surface area is 95.5 Å². The molecule has 0 aliphatic heterocycles. The molecule has 0 aliphatic rings. The first kappa shape index (κ1) is 12.4. The van der Waals surface area contributed by atoms with Gasteiger partial charge in [-0.05, 0) is 12.0 Å². The molecule has 1 rings (SSSR count). The van der Waals surface area contributed by atoms with E-state index in [1.165, 1.54) is 7.11 Å². The van der Waals surface area contributed by atoms with Crippen molar-refractivity contribution in [2.75, 3.05) is 25.6 Å². The second-order valence-corrected chi connectivity index (χ2v) is 3.49. The van der Waals surface area contributed by atoms with Crippen LogP contribution >= 0.6 is 0 Å². The Morgan fingerprint density at radius 2 is 2.06 bits per heavy atom. The summed E-state index contributed by atoms with van der Waals surface area (Å²) in [6.45, 7) is 2.61. The van der Waals surface area contributed by atoms with E-state index in [-0.39, 0.29) is 5.97 Å². The van der Waals surface area contributed by atoms with Gasteiger partial charge in [0.25, 0.3) is 0 Å². The maximum absolute atomic E-state index is 11.0. The normalized spacial score (nSPS) is 9.94. The van der Waals surface area contributed by atoms with Crippen molar-refractivity contribution < 1.29 is 9.53 Å². The van der Waals surface area contributed by atoms with Crippen molar-refractivity contribution in [3.63, 3.8) is 0 Å². The highest BCUT2D eigenvalue weighted by molar-refractivity contribution is 5.69. The number of nitrogens with zero attached hydrogens (tertiary/aromatic N) is 3. The molecule has 0 amide bonds. The third-order valence-electron chi connectivity index (χ3n) is 2.32. The van der Waals surface area contributed by atoms with E-state index in [1.807, 2.05) is 11.9 Å². The Morgan fingerprint density at radius 1 is 1.44 bits per heavy atom. The number of aryl methyl sites for hydroxylation is 1. The lowest BCUT2D eigenvalue weighted by Crippen LogP contribution is -2.23. The van der Waals surface area contributed by atoms with Crippen molar-refractivity contribution in [3.8, 4) is 0 Å². The number of methoxy groups -OCH3 is 1. The zero-order valence-corrected chi connectivity index (χ0v) is 9.93. The van der Waals surface area contributed by atoms with E-state index in [2.05, 4.69) is 21.6 Å². The molecular weight excluding hydrogens is 206 g/mol. The van der Waals surface area contributed by atoms with Crippen molar-refractivity contribution in [2.45, 2.75) is 19.8 Å². The number of aromatic nitrogens is 2. The fraction of sp³-hybridized carbons (Fsp3) is 0.545. The largest absolute Gasteiger partial charge is 0.469 e. The highest BCUT2D eigenvalue weighted by atomic mass is 16.5. The summed E-state index contributed by atoms with van der Waals surface area (Å²) in [5.74, 6) is 0.401. The fourth-order valence-corrected chi connectivity index (χ4v) is 1.19. The molecule has 0 saturated heterocycles. The van der Waals surface area contributed by atoms with Crippen LogP contribution in [0.2, 0.25) is 0 Å². The van der Waals surface area contributed by atoms with Gasteiger partial charge in [-0.15, -0.1) is 0 Å². The van der Waals surface area contributed by atoms with Crippen molar-refractivity contribution in [1.82, 2.24) is 9.97 Å². The summed E-state index contributed by atoms with van der Waals surface area (Å²) in [7, 11) is 3.23. The van der Waals surface area contributed by atoms with E-state index < -0.39 is 0 Å². The van der Waals surface area contributed by atoms with Crippen LogP contribution in [0.5, 0.6) is 0 Å². The lowest BCUT2D eigenvalue weighted by atomic mass is 10.3. The standard InChI is InChI=1S/C11H17N3O2/c1-4-9-7-12-11(13-8-9)14(2)6-5-10(15)16-3/h7-8H,4-6H2,1-3H3. The van der Waals surface area contributed by atoms with Crippen molar-refractivity contribution in [1.29, 1.82) is 0 Å². The smallest absolute Gasteiger partial charge is 0.307 e. The number of anilines is 1. The Kier molecular flexibility index (Phi) is 4.69. The summed E-state index contributed by atoms with van der Waals surface area (Å²) >= 11 is 0. The molecule has 88 valence electrons. The summed E-state index contributed by atoms with van der Waals surface area (Å²) in [5.41, 5.74) is 1.10. The van der Waals surface area contributed by atoms with Gasteiger partial charge in [0, 0.05) is 26.0 Å². The van der Waals surface area contributed by atoms with Gasteiger partial charge in [0.15, 0.2) is 0 Å². The number of ether oxygens (including phenoxy) is 1. The number of hydrogen-bond donors (Lipinski definition) is 0. The first-order valence-electron chi connectivity index (χ1n) is 5.26. The Balaban J connectivity index is 2.52. The second kappa shape index (κ2) is 6.05. The molecule has 0 spiro atoms. The van der Waals surface area contributed by atoms with Crippen LogP contribution in [-0.2, 0) is 16.0 Å². The minimum Gasteiger partial charge on any atom is -0.469 e. The van der Waals surface area contributed by atoms with Gasteiger partial charge in [-0.25, -0.2) is 9.97 Å². The molecule has 5 nitrogen and oxygen atoms in total. The number of hydrogen-bond acceptors (Lipinski definition) is 5. The van der Waals surface area contributed by atoms with Crippen LogP contribution in [0.25, 0.3) is 0 Å². The molecule has 0 aromatic carbocycles. The van der Waals surface area contributed by atoms with Crippen LogP contribution in [0.3, 0.4) is 0 Å². The Morgan fingerprint density at radius 3 is 2.56 bits per heavy atom. The van der Waals surface area contributed by atoms with Gasteiger partial charge < -0.3 is 9.64 Å². The summed E-state index contributed by atoms with van der Waals surface area (Å²) < 4.78 is 4.57. The van der Waals surface area contributed by atoms with Gasteiger partial charge in [-0.1, -0.05) is 6.92 Å². The van der Waals surface area contributed by atoms with Crippen molar-refractivity contribution in [2.24, 2.45) is 0 Å². The van der Waals surface area contributed by atoms with Crippen molar-refractivity contribution >= 4 is 11.9 Å². The molecule has 5 heteroatoms. The molecule has 0 unspecified atom stereocenters. The zero-order chi connectivity index (χ0) is 12.0. The molecule has 0 atom stereocenters. The number of esters is 1. The van der Waals surface area contributed by atoms with Gasteiger partial charge in [0.1, 0.15) is 0 Å². The lowest BCUT2D eigenvalue weighted by molar-refractivity contribution is -0.140. The van der Waals surface area contributed by atoms with E-state index in [1.54, 1.807) is 12.4 Å². The Bertz CT molecular complexity index is 338. The Hall–Kier alpha value is -1.65. The predicted octanol–water partition coefficient (Wildman–Crippen LogP) is 1.04. The molecule has 0 N–H and O–H groups in total. The highest BCUT2D eigenvalue weighted by Gasteiger charge is 2.07. The third kappa shape index (κ3) is 3.49. The minimum atomic E-state index is -0.225. The number of rotatable bonds is 5. The average Bonchev–Trinajstić information content (AvgIpc) is 2.35. The van der Waals surface area contributed by atoms with E-state index in [0.717, 1.165) is 12.0 Å². The summed E-state index contributed by atoms with van der Waals surface area (Å²) in [4.78, 5) is 21.2. The molecule has 0 radical (unpaired) electrons. The lowest BCUT2D eigenvalue weighted by Gasteiger charge is -2.15. The molecule has 0 bridgehead atoms. The zero-order valence-electron chi connectivity index (χ0n) is 9.93. The van der Waals surface area contributed by atoms with E-state index >= 15 is 0 Å². The van der Waals surface area contributed by atoms with E-state index in [4.69, 9.17) is 0 Å². The first-order chi connectivity index (χ1) is 7.67. The van der Waals surface area contributed by atoms with Gasteiger partial charge in [-0.2, -0.15) is 0 Å². The van der Waals surface area contributed by atoms with Crippen LogP contribution in [-0.4, -0.2) is 36.6 Å². The van der Waals surface area contributed by atoms with E-state index in [9.17, 15) is 4.79 Å². The molecule has 16 heavy (non-hydrogen) atoms. The first-order valence-corrected chi connectivity index (χ1v) is 5.26. The van der Waals surface area contributed by atoms with Gasteiger partial charge in [-0.3, -0.25) is 4.79 Å². The SMILES string of the molecule is CCc1cnc(N(C)CCC(=O)OC)nc1. The number of carbonyl (C=O) groups is 1. The molecule has 1 aromatic rings. The summed E-state index contributed by atoms with van der Waals surface area (Å²) in [6, 6.07) is 0. The van der Waals surface area contributed by atoms with Gasteiger partial charge in [0.05, 0.1) is 13.5 Å². The summed E-state index contributed by atoms with van der Waals surface area (Å²) in [5, 5.41) is 0. The van der Waals surface area contributed by atoms with E-state index in [0.29, 0.717) is 18.9 Å². The number of carbonyl (C=O) groups excluding carboxylic acids is 1. The monoisotopic (exact) mass is 223 g/mol. The van der Waals surface area contributed by atoms with Crippen LogP contribution in [0.1, 0.15) is 18.9 Å². The van der Waals surface area contributed by atoms with Crippen LogP contribution in [0, 0.1) is 0 Å². The average molecular weight is 223 g/mol. The molecule has 0 aliphatic carbocycles. The van der Waals surface area contributed by atoms with Crippen LogP contribution in [0.15, 0.2) is 12.4 Å². The topological polar surface area (TPSA) is 55.3 Å². The quantitative estimate of drug-likeness (QED) is 0.698. The predicted molar refractivity (Wildman–Crippen MR) is 61.3 cm³/mol. The summed E-state index contributed by atoms with van der Waals surface area (Å²) in [6.07, 6.45) is 4.87. The maximum atomic E-state index is 11.0. The van der Waals surface area contributed by atoms with Crippen LogP contribution in [0.4, 0.5) is 5.95 Å². The van der Waals surface area contributed by atoms with Gasteiger partial charge >= 0.3 is 5.97 Å². The molecule has 1 aromatic heterocycles. The van der Waals surface area contributed by atoms with Crippen molar-refractivity contribution in [3.05, 3.63) is 18.0 Å². The molecule has 0 fully saturated rings. The van der Waals surface area contributed by atoms with Crippen LogP contribution < -0.4 is 4.90 Å². The highest BCUT2D eigenvalue weighted by Crippen LogP contribution is 2.06. The molecular formula is C11H17N3O2. The fourth-order valence-electron chi connectivity index (χ4n) is 1.19. The molecule has 1 heterocycles. The third-order valence-corrected chi connectivity index (χ3v) is 2.32.